The minimum atomic E-state index is -0.558. The average Bonchev–Trinajstić information content (AvgIpc) is 3.50. The van der Waals surface area contributed by atoms with Gasteiger partial charge in [-0.05, 0) is 80.1 Å². The smallest absolute Gasteiger partial charge is 0.297 e. The number of nitrogens with two attached hydrogens (primary N) is 1. The molecule has 0 aliphatic carbocycles. The molecule has 0 fully saturated rings. The number of rotatable bonds is 9. The van der Waals surface area contributed by atoms with Gasteiger partial charge in [0.1, 0.15) is 22.7 Å². The van der Waals surface area contributed by atoms with E-state index in [1.807, 2.05) is 63.4 Å². The Kier molecular flexibility index (Phi) is 7.87. The van der Waals surface area contributed by atoms with Crippen LogP contribution in [0, 0.1) is 25.6 Å². The predicted molar refractivity (Wildman–Crippen MR) is 157 cm³/mol. The number of furan rings is 1. The van der Waals surface area contributed by atoms with Gasteiger partial charge in [-0.2, -0.15) is 0 Å². The highest BCUT2D eigenvalue weighted by Gasteiger charge is 2.33. The summed E-state index contributed by atoms with van der Waals surface area (Å²) < 4.78 is 21.8. The van der Waals surface area contributed by atoms with E-state index in [-0.39, 0.29) is 29.5 Å². The number of thiophene rings is 1. The first kappa shape index (κ1) is 27.7. The Morgan fingerprint density at radius 2 is 1.88 bits per heavy atom. The van der Waals surface area contributed by atoms with Crippen LogP contribution in [0.5, 0.6) is 0 Å². The Hall–Kier alpha value is -3.82. The Morgan fingerprint density at radius 3 is 2.52 bits per heavy atom. The number of hydrogen-bond donors (Lipinski definition) is 1. The fourth-order valence-corrected chi connectivity index (χ4v) is 5.97. The lowest BCUT2D eigenvalue weighted by Gasteiger charge is -2.35. The zero-order valence-corrected chi connectivity index (χ0v) is 23.9. The molecule has 2 N–H and O–H groups in total. The van der Waals surface area contributed by atoms with Gasteiger partial charge in [-0.25, -0.2) is 9.37 Å². The van der Waals surface area contributed by atoms with Gasteiger partial charge in [0.15, 0.2) is 0 Å². The SMILES string of the molecule is Cc1ccc(C(=O)N(CCCN)[C@@H](c2nc3c(oc4ccc(F)cc43)c(=O)n2Cc2cc(C)cs2)C(C)C)cc1. The van der Waals surface area contributed by atoms with Crippen LogP contribution in [0.3, 0.4) is 0 Å². The van der Waals surface area contributed by atoms with Crippen molar-refractivity contribution in [1.29, 1.82) is 0 Å². The van der Waals surface area contributed by atoms with E-state index in [4.69, 9.17) is 15.1 Å². The van der Waals surface area contributed by atoms with E-state index in [9.17, 15) is 14.0 Å². The number of hydrogen-bond acceptors (Lipinski definition) is 6. The molecule has 2 aromatic carbocycles. The molecule has 9 heteroatoms. The molecule has 7 nitrogen and oxygen atoms in total. The molecule has 0 radical (unpaired) electrons. The van der Waals surface area contributed by atoms with Crippen LogP contribution < -0.4 is 11.3 Å². The van der Waals surface area contributed by atoms with Crippen molar-refractivity contribution in [3.05, 3.63) is 97.5 Å². The van der Waals surface area contributed by atoms with E-state index in [2.05, 4.69) is 0 Å². The lowest BCUT2D eigenvalue weighted by molar-refractivity contribution is 0.0602. The second-order valence-electron chi connectivity index (χ2n) is 10.6. The highest BCUT2D eigenvalue weighted by Crippen LogP contribution is 2.33. The van der Waals surface area contributed by atoms with E-state index < -0.39 is 11.9 Å². The number of nitrogens with zero attached hydrogens (tertiary/aromatic N) is 3. The van der Waals surface area contributed by atoms with Gasteiger partial charge < -0.3 is 15.1 Å². The van der Waals surface area contributed by atoms with E-state index in [0.29, 0.717) is 47.4 Å². The standard InChI is InChI=1S/C31H33FN4O3S/c1-18(2)27(35(13-5-12-33)30(37)21-8-6-19(3)7-9-21)29-34-26-24-15-22(32)10-11-25(24)39-28(26)31(38)36(29)16-23-14-20(4)17-40-23/h6-11,14-15,17-18,27H,5,12-13,16,33H2,1-4H3/t27-/m1/s1. The van der Waals surface area contributed by atoms with Crippen molar-refractivity contribution in [3.63, 3.8) is 0 Å². The third kappa shape index (κ3) is 5.31. The number of carbonyl (C=O) groups excluding carboxylic acids is 1. The van der Waals surface area contributed by atoms with Crippen LogP contribution >= 0.6 is 11.3 Å². The van der Waals surface area contributed by atoms with Gasteiger partial charge in [-0.15, -0.1) is 11.3 Å². The molecular weight excluding hydrogens is 527 g/mol. The van der Waals surface area contributed by atoms with Crippen molar-refractivity contribution >= 4 is 39.3 Å². The lowest BCUT2D eigenvalue weighted by atomic mass is 9.99. The highest BCUT2D eigenvalue weighted by molar-refractivity contribution is 7.10. The number of aromatic nitrogens is 2. The molecule has 0 unspecified atom stereocenters. The van der Waals surface area contributed by atoms with Crippen LogP contribution in [0.15, 0.2) is 63.1 Å². The normalized spacial score (nSPS) is 12.5. The van der Waals surface area contributed by atoms with Crippen molar-refractivity contribution in [1.82, 2.24) is 14.5 Å². The Morgan fingerprint density at radius 1 is 1.12 bits per heavy atom. The zero-order chi connectivity index (χ0) is 28.6. The van der Waals surface area contributed by atoms with Gasteiger partial charge in [0.25, 0.3) is 11.5 Å². The molecule has 0 spiro atoms. The molecule has 0 aliphatic heterocycles. The van der Waals surface area contributed by atoms with Crippen molar-refractivity contribution in [2.75, 3.05) is 13.1 Å². The molecule has 0 saturated heterocycles. The summed E-state index contributed by atoms with van der Waals surface area (Å²) in [6, 6.07) is 13.1. The van der Waals surface area contributed by atoms with Gasteiger partial charge >= 0.3 is 0 Å². The number of fused-ring (bicyclic) bond motifs is 3. The summed E-state index contributed by atoms with van der Waals surface area (Å²) in [5.74, 6) is -0.287. The Balaban J connectivity index is 1.76. The largest absolute Gasteiger partial charge is 0.448 e. The van der Waals surface area contributed by atoms with Gasteiger partial charge in [-0.3, -0.25) is 14.2 Å². The Bertz CT molecular complexity index is 1740. The Labute approximate surface area is 236 Å². The third-order valence-electron chi connectivity index (χ3n) is 7.06. The summed E-state index contributed by atoms with van der Waals surface area (Å²) in [5, 5.41) is 2.46. The molecule has 1 atom stereocenters. The number of aryl methyl sites for hydroxylation is 2. The average molecular weight is 561 g/mol. The first-order chi connectivity index (χ1) is 19.2. The van der Waals surface area contributed by atoms with E-state index >= 15 is 0 Å². The lowest BCUT2D eigenvalue weighted by Crippen LogP contribution is -2.42. The van der Waals surface area contributed by atoms with Crippen LogP contribution in [0.4, 0.5) is 4.39 Å². The van der Waals surface area contributed by atoms with Crippen molar-refractivity contribution in [2.45, 2.75) is 46.7 Å². The summed E-state index contributed by atoms with van der Waals surface area (Å²) >= 11 is 1.56. The second kappa shape index (κ2) is 11.3. The van der Waals surface area contributed by atoms with Gasteiger partial charge in [0, 0.05) is 22.4 Å². The van der Waals surface area contributed by atoms with Crippen LogP contribution in [-0.4, -0.2) is 33.4 Å². The van der Waals surface area contributed by atoms with Crippen LogP contribution in [0.1, 0.15) is 58.5 Å². The minimum Gasteiger partial charge on any atom is -0.448 e. The van der Waals surface area contributed by atoms with Gasteiger partial charge in [-0.1, -0.05) is 31.5 Å². The predicted octanol–water partition coefficient (Wildman–Crippen LogP) is 6.20. The minimum absolute atomic E-state index is 0.0681. The molecular formula is C31H33FN4O3S. The maximum absolute atomic E-state index is 14.3. The summed E-state index contributed by atoms with van der Waals surface area (Å²) in [4.78, 5) is 35.8. The topological polar surface area (TPSA) is 94.4 Å². The van der Waals surface area contributed by atoms with E-state index in [1.165, 1.54) is 18.2 Å². The monoisotopic (exact) mass is 560 g/mol. The van der Waals surface area contributed by atoms with Crippen LogP contribution in [-0.2, 0) is 6.54 Å². The third-order valence-corrected chi connectivity index (χ3v) is 8.10. The number of amides is 1. The number of benzene rings is 2. The molecule has 3 heterocycles. The summed E-state index contributed by atoms with van der Waals surface area (Å²) in [6.45, 7) is 9.05. The molecule has 1 amide bonds. The quantitative estimate of drug-likeness (QED) is 0.232. The van der Waals surface area contributed by atoms with Gasteiger partial charge in [0.05, 0.1) is 12.6 Å². The molecule has 40 heavy (non-hydrogen) atoms. The summed E-state index contributed by atoms with van der Waals surface area (Å²) in [5.41, 5.74) is 8.97. The first-order valence-electron chi connectivity index (χ1n) is 13.4. The van der Waals surface area contributed by atoms with E-state index in [0.717, 1.165) is 16.0 Å². The molecule has 0 saturated carbocycles. The second-order valence-corrected chi connectivity index (χ2v) is 11.6. The highest BCUT2D eigenvalue weighted by atomic mass is 32.1. The van der Waals surface area contributed by atoms with Gasteiger partial charge in [0.2, 0.25) is 5.58 Å². The molecule has 5 rings (SSSR count). The zero-order valence-electron chi connectivity index (χ0n) is 23.1. The summed E-state index contributed by atoms with van der Waals surface area (Å²) in [6.07, 6.45) is 0.581. The van der Waals surface area contributed by atoms with Crippen molar-refractivity contribution < 1.29 is 13.6 Å². The van der Waals surface area contributed by atoms with Crippen LogP contribution in [0.25, 0.3) is 22.1 Å². The molecule has 0 bridgehead atoms. The number of halogens is 1. The summed E-state index contributed by atoms with van der Waals surface area (Å²) in [7, 11) is 0. The fraction of sp³-hybridized carbons (Fsp3) is 0.323. The van der Waals surface area contributed by atoms with E-state index in [1.54, 1.807) is 20.8 Å². The fourth-order valence-electron chi connectivity index (χ4n) is 5.11. The van der Waals surface area contributed by atoms with Crippen molar-refractivity contribution in [2.24, 2.45) is 11.7 Å². The molecule has 208 valence electrons. The van der Waals surface area contributed by atoms with Crippen molar-refractivity contribution in [3.8, 4) is 0 Å². The van der Waals surface area contributed by atoms with Crippen LogP contribution in [0.2, 0.25) is 0 Å². The molecule has 5 aromatic rings. The number of carbonyl (C=O) groups is 1. The molecule has 0 aliphatic rings. The maximum Gasteiger partial charge on any atom is 0.297 e. The maximum atomic E-state index is 14.3. The molecule has 3 aromatic heterocycles. The first-order valence-corrected chi connectivity index (χ1v) is 14.3.